The predicted molar refractivity (Wildman–Crippen MR) is 85.5 cm³/mol. The third-order valence-electron chi connectivity index (χ3n) is 3.17. The Labute approximate surface area is 139 Å². The van der Waals surface area contributed by atoms with E-state index in [0.717, 1.165) is 0 Å². The molecular formula is C16H8ClNO6. The molecule has 0 spiro atoms. The minimum absolute atomic E-state index is 0.0659. The lowest BCUT2D eigenvalue weighted by Crippen LogP contribution is -2.18. The van der Waals surface area contributed by atoms with Crippen molar-refractivity contribution in [2.24, 2.45) is 0 Å². The van der Waals surface area contributed by atoms with E-state index < -0.39 is 16.5 Å². The molecule has 0 aliphatic carbocycles. The molecule has 0 radical (unpaired) electrons. The van der Waals surface area contributed by atoms with Crippen molar-refractivity contribution in [3.05, 3.63) is 79.7 Å². The van der Waals surface area contributed by atoms with Crippen LogP contribution < -0.4 is 10.4 Å². The van der Waals surface area contributed by atoms with E-state index in [1.807, 2.05) is 0 Å². The van der Waals surface area contributed by atoms with Gasteiger partial charge in [0.05, 0.1) is 4.92 Å². The second kappa shape index (κ2) is 6.13. The average Bonchev–Trinajstić information content (AvgIpc) is 2.55. The quantitative estimate of drug-likeness (QED) is 0.236. The number of fused-ring (bicyclic) bond motifs is 1. The lowest BCUT2D eigenvalue weighted by Gasteiger charge is -2.04. The van der Waals surface area contributed by atoms with Gasteiger partial charge in [-0.25, -0.2) is 9.59 Å². The van der Waals surface area contributed by atoms with E-state index in [9.17, 15) is 19.7 Å². The molecule has 3 aromatic rings. The highest BCUT2D eigenvalue weighted by molar-refractivity contribution is 6.31. The Morgan fingerprint density at radius 3 is 2.50 bits per heavy atom. The highest BCUT2D eigenvalue weighted by Crippen LogP contribution is 2.21. The lowest BCUT2D eigenvalue weighted by molar-refractivity contribution is -0.384. The standard InChI is InChI=1S/C16H8ClNO6/c17-10-1-6-14-9(7-10)8-13(16(20)24-14)15(19)23-12-4-2-11(3-5-12)18(21)22/h1-8H. The smallest absolute Gasteiger partial charge is 0.351 e. The molecule has 2 aromatic carbocycles. The number of benzene rings is 2. The Hall–Kier alpha value is -3.19. The largest absolute Gasteiger partial charge is 0.423 e. The van der Waals surface area contributed by atoms with E-state index >= 15 is 0 Å². The van der Waals surface area contributed by atoms with Gasteiger partial charge in [0.15, 0.2) is 0 Å². The van der Waals surface area contributed by atoms with Crippen molar-refractivity contribution in [2.75, 3.05) is 0 Å². The van der Waals surface area contributed by atoms with Crippen LogP contribution in [0.2, 0.25) is 5.02 Å². The summed E-state index contributed by atoms with van der Waals surface area (Å²) in [5.74, 6) is -0.865. The molecule has 0 aliphatic heterocycles. The summed E-state index contributed by atoms with van der Waals surface area (Å²) < 4.78 is 10.1. The maximum absolute atomic E-state index is 12.1. The molecule has 1 heterocycles. The zero-order valence-electron chi connectivity index (χ0n) is 11.9. The van der Waals surface area contributed by atoms with Gasteiger partial charge < -0.3 is 9.15 Å². The van der Waals surface area contributed by atoms with Gasteiger partial charge >= 0.3 is 11.6 Å². The first kappa shape index (κ1) is 15.7. The summed E-state index contributed by atoms with van der Waals surface area (Å²) in [5.41, 5.74) is -1.01. The first-order chi connectivity index (χ1) is 11.4. The van der Waals surface area contributed by atoms with Crippen molar-refractivity contribution in [3.8, 4) is 5.75 Å². The molecule has 0 aliphatic rings. The van der Waals surface area contributed by atoms with Crippen LogP contribution in [0.5, 0.6) is 5.75 Å². The summed E-state index contributed by atoms with van der Waals surface area (Å²) in [7, 11) is 0. The molecule has 0 amide bonds. The van der Waals surface area contributed by atoms with Crippen LogP contribution in [0, 0.1) is 10.1 Å². The molecule has 0 N–H and O–H groups in total. The van der Waals surface area contributed by atoms with Gasteiger partial charge in [0.25, 0.3) is 5.69 Å². The minimum Gasteiger partial charge on any atom is -0.423 e. The van der Waals surface area contributed by atoms with E-state index in [2.05, 4.69) is 0 Å². The number of carbonyl (C=O) groups excluding carboxylic acids is 1. The van der Waals surface area contributed by atoms with Gasteiger partial charge in [0, 0.05) is 22.5 Å². The third-order valence-corrected chi connectivity index (χ3v) is 3.41. The Balaban J connectivity index is 1.91. The molecule has 0 saturated heterocycles. The number of ether oxygens (including phenoxy) is 1. The van der Waals surface area contributed by atoms with Crippen molar-refractivity contribution in [1.82, 2.24) is 0 Å². The molecule has 0 saturated carbocycles. The number of nitro groups is 1. The van der Waals surface area contributed by atoms with Crippen molar-refractivity contribution in [2.45, 2.75) is 0 Å². The van der Waals surface area contributed by atoms with E-state index in [1.54, 1.807) is 12.1 Å². The number of non-ortho nitro benzene ring substituents is 1. The Morgan fingerprint density at radius 1 is 1.12 bits per heavy atom. The molecule has 0 atom stereocenters. The fourth-order valence-corrected chi connectivity index (χ4v) is 2.22. The number of nitrogens with zero attached hydrogens (tertiary/aromatic N) is 1. The Morgan fingerprint density at radius 2 is 1.83 bits per heavy atom. The SMILES string of the molecule is O=C(Oc1ccc([N+](=O)[O-])cc1)c1cc2cc(Cl)ccc2oc1=O. The molecule has 120 valence electrons. The summed E-state index contributed by atoms with van der Waals surface area (Å²) >= 11 is 5.87. The molecule has 3 rings (SSSR count). The van der Waals surface area contributed by atoms with Crippen LogP contribution in [-0.4, -0.2) is 10.9 Å². The summed E-state index contributed by atoms with van der Waals surface area (Å²) in [5, 5.41) is 11.5. The zero-order valence-corrected chi connectivity index (χ0v) is 12.6. The van der Waals surface area contributed by atoms with E-state index in [4.69, 9.17) is 20.8 Å². The van der Waals surface area contributed by atoms with Gasteiger partial charge in [0.1, 0.15) is 16.9 Å². The Kier molecular flexibility index (Phi) is 4.01. The summed E-state index contributed by atoms with van der Waals surface area (Å²) in [6, 6.07) is 10.8. The number of hydrogen-bond acceptors (Lipinski definition) is 6. The minimum atomic E-state index is -0.931. The molecule has 24 heavy (non-hydrogen) atoms. The molecule has 0 bridgehead atoms. The summed E-state index contributed by atoms with van der Waals surface area (Å²) in [4.78, 5) is 34.0. The summed E-state index contributed by atoms with van der Waals surface area (Å²) in [6.07, 6.45) is 0. The molecule has 1 aromatic heterocycles. The number of rotatable bonds is 3. The van der Waals surface area contributed by atoms with Crippen LogP contribution in [-0.2, 0) is 0 Å². The van der Waals surface area contributed by atoms with Gasteiger partial charge in [-0.3, -0.25) is 10.1 Å². The van der Waals surface area contributed by atoms with Crippen molar-refractivity contribution >= 4 is 34.2 Å². The van der Waals surface area contributed by atoms with Crippen molar-refractivity contribution in [1.29, 1.82) is 0 Å². The maximum atomic E-state index is 12.1. The van der Waals surface area contributed by atoms with E-state index in [-0.39, 0.29) is 22.6 Å². The zero-order chi connectivity index (χ0) is 17.3. The topological polar surface area (TPSA) is 99.7 Å². The number of hydrogen-bond donors (Lipinski definition) is 0. The van der Waals surface area contributed by atoms with Gasteiger partial charge in [-0.15, -0.1) is 0 Å². The second-order valence-corrected chi connectivity index (χ2v) is 5.21. The highest BCUT2D eigenvalue weighted by Gasteiger charge is 2.17. The fourth-order valence-electron chi connectivity index (χ4n) is 2.03. The third kappa shape index (κ3) is 3.11. The highest BCUT2D eigenvalue weighted by atomic mass is 35.5. The Bertz CT molecular complexity index is 1010. The lowest BCUT2D eigenvalue weighted by atomic mass is 10.2. The van der Waals surface area contributed by atoms with Crippen LogP contribution in [0.15, 0.2) is 57.7 Å². The second-order valence-electron chi connectivity index (χ2n) is 4.77. The first-order valence-electron chi connectivity index (χ1n) is 6.64. The van der Waals surface area contributed by atoms with Crippen LogP contribution in [0.25, 0.3) is 11.0 Å². The molecule has 0 fully saturated rings. The molecule has 8 heteroatoms. The van der Waals surface area contributed by atoms with Crippen LogP contribution >= 0.6 is 11.6 Å². The van der Waals surface area contributed by atoms with Gasteiger partial charge in [0.2, 0.25) is 0 Å². The van der Waals surface area contributed by atoms with Gasteiger partial charge in [-0.05, 0) is 36.4 Å². The number of nitro benzene ring substituents is 1. The van der Waals surface area contributed by atoms with Gasteiger partial charge in [-0.1, -0.05) is 11.6 Å². The maximum Gasteiger partial charge on any atom is 0.351 e. The summed E-state index contributed by atoms with van der Waals surface area (Å²) in [6.45, 7) is 0. The van der Waals surface area contributed by atoms with Crippen LogP contribution in [0.4, 0.5) is 5.69 Å². The average molecular weight is 346 g/mol. The molecule has 0 unspecified atom stereocenters. The van der Waals surface area contributed by atoms with Crippen LogP contribution in [0.1, 0.15) is 10.4 Å². The first-order valence-corrected chi connectivity index (χ1v) is 7.02. The predicted octanol–water partition coefficient (Wildman–Crippen LogP) is 3.57. The van der Waals surface area contributed by atoms with Crippen molar-refractivity contribution in [3.63, 3.8) is 0 Å². The van der Waals surface area contributed by atoms with E-state index in [1.165, 1.54) is 36.4 Å². The molecule has 7 nitrogen and oxygen atoms in total. The monoisotopic (exact) mass is 345 g/mol. The number of halogens is 1. The van der Waals surface area contributed by atoms with Gasteiger partial charge in [-0.2, -0.15) is 0 Å². The fraction of sp³-hybridized carbons (Fsp3) is 0. The van der Waals surface area contributed by atoms with Crippen LogP contribution in [0.3, 0.4) is 0 Å². The number of esters is 1. The van der Waals surface area contributed by atoms with E-state index in [0.29, 0.717) is 10.4 Å². The van der Waals surface area contributed by atoms with Crippen molar-refractivity contribution < 1.29 is 18.9 Å². The number of carbonyl (C=O) groups is 1. The molecular weight excluding hydrogens is 338 g/mol. The normalized spacial score (nSPS) is 10.5.